The lowest BCUT2D eigenvalue weighted by molar-refractivity contribution is 1.01. The van der Waals surface area contributed by atoms with Gasteiger partial charge in [0.15, 0.2) is 0 Å². The van der Waals surface area contributed by atoms with Crippen LogP contribution in [0.3, 0.4) is 0 Å². The van der Waals surface area contributed by atoms with Gasteiger partial charge >= 0.3 is 0 Å². The largest absolute Gasteiger partial charge is 0.207 e. The Morgan fingerprint density at radius 3 is 1.25 bits per heavy atom. The molecule has 0 spiro atoms. The van der Waals surface area contributed by atoms with Crippen LogP contribution in [0.5, 0.6) is 0 Å². The van der Waals surface area contributed by atoms with Gasteiger partial charge in [0.05, 0.1) is 19.4 Å². The Labute approximate surface area is 53.5 Å². The van der Waals surface area contributed by atoms with Gasteiger partial charge in [0.1, 0.15) is 0 Å². The van der Waals surface area contributed by atoms with Crippen LogP contribution in [0, 0.1) is 0 Å². The Hall–Kier alpha value is 0.390. The molecule has 50 valence electrons. The maximum atomic E-state index is 5.86. The fraction of sp³-hybridized carbons (Fsp3) is 1.00. The average Bonchev–Trinajstić information content (AvgIpc) is 1.64. The second kappa shape index (κ2) is 3.42. The summed E-state index contributed by atoms with van der Waals surface area (Å²) in [5, 5.41) is 0. The van der Waals surface area contributed by atoms with Crippen molar-refractivity contribution in [3.05, 3.63) is 0 Å². The summed E-state index contributed by atoms with van der Waals surface area (Å²) in [4.78, 5) is 0. The van der Waals surface area contributed by atoms with Gasteiger partial charge in [-0.05, 0) is 27.7 Å². The molecular formula is C6H17NP+. The molecule has 0 bridgehead atoms. The first-order valence-corrected chi connectivity index (χ1v) is 4.91. The smallest absolute Gasteiger partial charge is 0.0774 e. The molecule has 2 N–H and O–H groups in total. The minimum atomic E-state index is -0.524. The van der Waals surface area contributed by atoms with Gasteiger partial charge in [-0.1, -0.05) is 0 Å². The number of rotatable bonds is 2. The molecule has 0 heterocycles. The van der Waals surface area contributed by atoms with Crippen LogP contribution in [-0.2, 0) is 0 Å². The Bertz CT molecular complexity index is 53.5. The van der Waals surface area contributed by atoms with Gasteiger partial charge in [0.25, 0.3) is 0 Å². The molecule has 1 nitrogen and oxygen atoms in total. The molecule has 0 saturated heterocycles. The molecule has 0 unspecified atom stereocenters. The van der Waals surface area contributed by atoms with E-state index in [1.54, 1.807) is 0 Å². The van der Waals surface area contributed by atoms with Crippen molar-refractivity contribution in [2.24, 2.45) is 5.50 Å². The fourth-order valence-electron chi connectivity index (χ4n) is 0.667. The summed E-state index contributed by atoms with van der Waals surface area (Å²) in [5.74, 6) is 0. The van der Waals surface area contributed by atoms with Crippen LogP contribution in [0.4, 0.5) is 0 Å². The molecular weight excluding hydrogens is 117 g/mol. The third-order valence-corrected chi connectivity index (χ3v) is 4.00. The number of hydrogen-bond acceptors (Lipinski definition) is 1. The van der Waals surface area contributed by atoms with E-state index >= 15 is 0 Å². The highest BCUT2D eigenvalue weighted by atomic mass is 31.1. The molecule has 0 aromatic rings. The average molecular weight is 134 g/mol. The highest BCUT2D eigenvalue weighted by Gasteiger charge is 2.18. The van der Waals surface area contributed by atoms with Crippen LogP contribution >= 0.6 is 8.07 Å². The zero-order chi connectivity index (χ0) is 6.73. The first-order valence-electron chi connectivity index (χ1n) is 3.18. The van der Waals surface area contributed by atoms with Crippen molar-refractivity contribution in [1.29, 1.82) is 0 Å². The fourth-order valence-corrected chi connectivity index (χ4v) is 2.00. The molecule has 0 radical (unpaired) electrons. The summed E-state index contributed by atoms with van der Waals surface area (Å²) >= 11 is 0. The summed E-state index contributed by atoms with van der Waals surface area (Å²) in [6.07, 6.45) is 0. The molecule has 0 fully saturated rings. The predicted octanol–water partition coefficient (Wildman–Crippen LogP) is 1.89. The lowest BCUT2D eigenvalue weighted by atomic mass is 10.5. The van der Waals surface area contributed by atoms with Crippen LogP contribution in [0.1, 0.15) is 27.7 Å². The molecule has 0 aliphatic heterocycles. The van der Waals surface area contributed by atoms with Crippen molar-refractivity contribution in [2.75, 3.05) is 0 Å². The van der Waals surface area contributed by atoms with Gasteiger partial charge in [-0.2, -0.15) is 0 Å². The minimum absolute atomic E-state index is 0.524. The normalized spacial score (nSPS) is 12.0. The molecule has 0 saturated carbocycles. The molecule has 0 aromatic heterocycles. The van der Waals surface area contributed by atoms with Gasteiger partial charge in [-0.15, -0.1) is 0 Å². The minimum Gasteiger partial charge on any atom is -0.207 e. The molecule has 0 aliphatic rings. The Morgan fingerprint density at radius 2 is 1.25 bits per heavy atom. The molecule has 0 amide bonds. The Morgan fingerprint density at radius 1 is 1.00 bits per heavy atom. The SMILES string of the molecule is CC(C)[PH+](N)C(C)C. The zero-order valence-corrected chi connectivity index (χ0v) is 7.23. The van der Waals surface area contributed by atoms with E-state index in [4.69, 9.17) is 5.50 Å². The Kier molecular flexibility index (Phi) is 3.59. The standard InChI is InChI=1S/C6H16NP/c1-5(2)8(7)6(3)4/h5-6H,7H2,1-4H3/p+1. The van der Waals surface area contributed by atoms with E-state index in [9.17, 15) is 0 Å². The van der Waals surface area contributed by atoms with E-state index in [1.807, 2.05) is 0 Å². The van der Waals surface area contributed by atoms with Crippen molar-refractivity contribution in [1.82, 2.24) is 0 Å². The number of hydrogen-bond donors (Lipinski definition) is 1. The summed E-state index contributed by atoms with van der Waals surface area (Å²) in [6, 6.07) is 0. The molecule has 8 heavy (non-hydrogen) atoms. The summed E-state index contributed by atoms with van der Waals surface area (Å²) < 4.78 is 0. The zero-order valence-electron chi connectivity index (χ0n) is 6.23. The Balaban J connectivity index is 3.46. The van der Waals surface area contributed by atoms with E-state index in [0.717, 1.165) is 11.3 Å². The van der Waals surface area contributed by atoms with Crippen LogP contribution in [0.2, 0.25) is 0 Å². The molecule has 0 rings (SSSR count). The van der Waals surface area contributed by atoms with Crippen LogP contribution in [-0.4, -0.2) is 11.3 Å². The molecule has 2 heteroatoms. The van der Waals surface area contributed by atoms with E-state index < -0.39 is 8.07 Å². The maximum absolute atomic E-state index is 5.86. The second-order valence-corrected chi connectivity index (χ2v) is 6.12. The van der Waals surface area contributed by atoms with Gasteiger partial charge in [-0.25, -0.2) is 5.50 Å². The molecule has 0 atom stereocenters. The van der Waals surface area contributed by atoms with E-state index in [2.05, 4.69) is 27.7 Å². The van der Waals surface area contributed by atoms with Crippen molar-refractivity contribution < 1.29 is 0 Å². The van der Waals surface area contributed by atoms with Gasteiger partial charge in [0, 0.05) is 0 Å². The highest BCUT2D eigenvalue weighted by molar-refractivity contribution is 7.56. The highest BCUT2D eigenvalue weighted by Crippen LogP contribution is 2.36. The monoisotopic (exact) mass is 134 g/mol. The van der Waals surface area contributed by atoms with Crippen molar-refractivity contribution >= 4 is 8.07 Å². The van der Waals surface area contributed by atoms with Gasteiger partial charge in [0.2, 0.25) is 0 Å². The van der Waals surface area contributed by atoms with Crippen LogP contribution < -0.4 is 5.50 Å². The van der Waals surface area contributed by atoms with Crippen LogP contribution in [0.15, 0.2) is 0 Å². The summed E-state index contributed by atoms with van der Waals surface area (Å²) in [7, 11) is -0.524. The van der Waals surface area contributed by atoms with Gasteiger partial charge in [-0.3, -0.25) is 0 Å². The predicted molar refractivity (Wildman–Crippen MR) is 42.8 cm³/mol. The first kappa shape index (κ1) is 8.39. The van der Waals surface area contributed by atoms with Crippen molar-refractivity contribution in [3.63, 3.8) is 0 Å². The molecule has 0 aromatic carbocycles. The van der Waals surface area contributed by atoms with Crippen LogP contribution in [0.25, 0.3) is 0 Å². The topological polar surface area (TPSA) is 26.0 Å². The number of nitrogens with two attached hydrogens (primary N) is 1. The second-order valence-electron chi connectivity index (χ2n) is 2.81. The lowest BCUT2D eigenvalue weighted by Crippen LogP contribution is -2.09. The maximum Gasteiger partial charge on any atom is 0.0774 e. The molecule has 0 aliphatic carbocycles. The van der Waals surface area contributed by atoms with Crippen molar-refractivity contribution in [3.8, 4) is 0 Å². The van der Waals surface area contributed by atoms with Gasteiger partial charge < -0.3 is 0 Å². The van der Waals surface area contributed by atoms with E-state index in [-0.39, 0.29) is 0 Å². The summed E-state index contributed by atoms with van der Waals surface area (Å²) in [5.41, 5.74) is 7.31. The quantitative estimate of drug-likeness (QED) is 0.573. The van der Waals surface area contributed by atoms with E-state index in [1.165, 1.54) is 0 Å². The third-order valence-electron chi connectivity index (χ3n) is 1.33. The first-order chi connectivity index (χ1) is 3.55. The summed E-state index contributed by atoms with van der Waals surface area (Å²) in [6.45, 7) is 8.81. The van der Waals surface area contributed by atoms with Crippen molar-refractivity contribution in [2.45, 2.75) is 39.0 Å². The third kappa shape index (κ3) is 2.64. The van der Waals surface area contributed by atoms with E-state index in [0.29, 0.717) is 0 Å². The lowest BCUT2D eigenvalue weighted by Gasteiger charge is -2.10.